The lowest BCUT2D eigenvalue weighted by Gasteiger charge is -2.32. The van der Waals surface area contributed by atoms with E-state index in [-0.39, 0.29) is 16.9 Å². The van der Waals surface area contributed by atoms with Gasteiger partial charge >= 0.3 is 17.6 Å². The zero-order chi connectivity index (χ0) is 20.2. The van der Waals surface area contributed by atoms with Gasteiger partial charge in [-0.2, -0.15) is 0 Å². The molecule has 0 rings (SSSR count). The molecule has 7 nitrogen and oxygen atoms in total. The van der Waals surface area contributed by atoms with E-state index in [0.717, 1.165) is 12.8 Å². The maximum absolute atomic E-state index is 12.5. The average molecular weight is 411 g/mol. The number of carbonyl (C=O) groups is 1. The van der Waals surface area contributed by atoms with E-state index >= 15 is 0 Å². The highest BCUT2D eigenvalue weighted by molar-refractivity contribution is 6.62. The van der Waals surface area contributed by atoms with Crippen LogP contribution in [0.2, 0.25) is 11.1 Å². The molecule has 0 aliphatic rings. The minimum absolute atomic E-state index is 0.110. The molecular weight excluding hydrogens is 372 g/mol. The second-order valence-corrected chi connectivity index (χ2v) is 12.8. The van der Waals surface area contributed by atoms with Gasteiger partial charge in [0, 0.05) is 66.6 Å². The van der Waals surface area contributed by atoms with Crippen molar-refractivity contribution in [1.29, 1.82) is 0 Å². The standard InChI is InChI=1S/C17H38O7Si2/c1-9-16(25(19-3,20-4)21-5)13-11-15(18)12-14-17(10-2)26(22-6,23-7)24-8/h16-17H,9-14H2,1-8H3. The van der Waals surface area contributed by atoms with Crippen LogP contribution in [-0.4, -0.2) is 66.1 Å². The van der Waals surface area contributed by atoms with E-state index in [2.05, 4.69) is 13.8 Å². The molecule has 0 aliphatic carbocycles. The molecule has 0 fully saturated rings. The average Bonchev–Trinajstić information content (AvgIpc) is 2.69. The second-order valence-electron chi connectivity index (χ2n) is 6.26. The first kappa shape index (κ1) is 25.9. The highest BCUT2D eigenvalue weighted by atomic mass is 28.4. The van der Waals surface area contributed by atoms with E-state index in [1.165, 1.54) is 0 Å². The van der Waals surface area contributed by atoms with Crippen LogP contribution in [0.15, 0.2) is 0 Å². The monoisotopic (exact) mass is 410 g/mol. The molecule has 0 radical (unpaired) electrons. The maximum atomic E-state index is 12.5. The van der Waals surface area contributed by atoms with Gasteiger partial charge in [0.05, 0.1) is 0 Å². The van der Waals surface area contributed by atoms with Crippen molar-refractivity contribution in [2.24, 2.45) is 0 Å². The van der Waals surface area contributed by atoms with Crippen molar-refractivity contribution in [1.82, 2.24) is 0 Å². The summed E-state index contributed by atoms with van der Waals surface area (Å²) in [6, 6.07) is 0. The Morgan fingerprint density at radius 3 is 1.12 bits per heavy atom. The molecule has 0 heterocycles. The summed E-state index contributed by atoms with van der Waals surface area (Å²) in [5.74, 6) is 0.222. The Balaban J connectivity index is 4.74. The van der Waals surface area contributed by atoms with Gasteiger partial charge in [-0.25, -0.2) is 0 Å². The summed E-state index contributed by atoms with van der Waals surface area (Å²) in [7, 11) is 4.23. The van der Waals surface area contributed by atoms with Crippen LogP contribution in [0.25, 0.3) is 0 Å². The van der Waals surface area contributed by atoms with Crippen LogP contribution >= 0.6 is 0 Å². The first-order valence-electron chi connectivity index (χ1n) is 9.21. The van der Waals surface area contributed by atoms with Crippen LogP contribution in [-0.2, 0) is 31.4 Å². The van der Waals surface area contributed by atoms with Crippen LogP contribution in [0.5, 0.6) is 0 Å². The van der Waals surface area contributed by atoms with E-state index < -0.39 is 17.6 Å². The van der Waals surface area contributed by atoms with Crippen molar-refractivity contribution in [2.75, 3.05) is 42.7 Å². The topological polar surface area (TPSA) is 72.5 Å². The molecule has 0 aromatic heterocycles. The van der Waals surface area contributed by atoms with E-state index in [1.54, 1.807) is 42.7 Å². The zero-order valence-corrected chi connectivity index (χ0v) is 19.8. The quantitative estimate of drug-likeness (QED) is 0.361. The molecule has 0 bridgehead atoms. The number of hydrogen-bond donors (Lipinski definition) is 0. The van der Waals surface area contributed by atoms with Crippen molar-refractivity contribution in [3.05, 3.63) is 0 Å². The van der Waals surface area contributed by atoms with Crippen molar-refractivity contribution >= 4 is 23.4 Å². The Morgan fingerprint density at radius 2 is 0.923 bits per heavy atom. The first-order chi connectivity index (χ1) is 12.4. The summed E-state index contributed by atoms with van der Waals surface area (Å²) >= 11 is 0. The Morgan fingerprint density at radius 1 is 0.654 bits per heavy atom. The maximum Gasteiger partial charge on any atom is 0.503 e. The van der Waals surface area contributed by atoms with Crippen molar-refractivity contribution in [3.63, 3.8) is 0 Å². The van der Waals surface area contributed by atoms with Crippen LogP contribution in [0.1, 0.15) is 52.4 Å². The highest BCUT2D eigenvalue weighted by Gasteiger charge is 2.47. The molecule has 0 aromatic carbocycles. The van der Waals surface area contributed by atoms with Crippen molar-refractivity contribution < 1.29 is 31.4 Å². The number of Topliss-reactive ketones (excluding diaryl/α,β-unsaturated/α-hetero) is 1. The number of hydrogen-bond acceptors (Lipinski definition) is 7. The Hall–Kier alpha value is -0.136. The lowest BCUT2D eigenvalue weighted by molar-refractivity contribution is -0.119. The molecule has 156 valence electrons. The minimum atomic E-state index is -2.72. The predicted molar refractivity (Wildman–Crippen MR) is 105 cm³/mol. The lowest BCUT2D eigenvalue weighted by atomic mass is 10.1. The SMILES string of the molecule is CCC(CCC(=O)CCC(CC)[Si](OC)(OC)OC)[Si](OC)(OC)OC. The summed E-state index contributed by atoms with van der Waals surface area (Å²) < 4.78 is 33.4. The van der Waals surface area contributed by atoms with E-state index in [9.17, 15) is 4.79 Å². The van der Waals surface area contributed by atoms with E-state index in [1.807, 2.05) is 0 Å². The molecule has 0 aliphatic heterocycles. The van der Waals surface area contributed by atoms with Gasteiger partial charge in [0.25, 0.3) is 0 Å². The van der Waals surface area contributed by atoms with Gasteiger partial charge in [0.2, 0.25) is 0 Å². The van der Waals surface area contributed by atoms with E-state index in [0.29, 0.717) is 25.7 Å². The largest absolute Gasteiger partial charge is 0.503 e. The molecule has 0 N–H and O–H groups in total. The van der Waals surface area contributed by atoms with Gasteiger partial charge in [-0.1, -0.05) is 13.8 Å². The molecule has 2 unspecified atom stereocenters. The van der Waals surface area contributed by atoms with Crippen LogP contribution in [0.3, 0.4) is 0 Å². The molecule has 26 heavy (non-hydrogen) atoms. The van der Waals surface area contributed by atoms with Gasteiger partial charge in [0.15, 0.2) is 0 Å². The van der Waals surface area contributed by atoms with Gasteiger partial charge in [-0.05, 0) is 25.7 Å². The molecule has 0 saturated carbocycles. The first-order valence-corrected chi connectivity index (χ1v) is 12.8. The third-order valence-electron chi connectivity index (χ3n) is 5.24. The van der Waals surface area contributed by atoms with E-state index in [4.69, 9.17) is 26.6 Å². The molecule has 9 heteroatoms. The van der Waals surface area contributed by atoms with Crippen molar-refractivity contribution in [2.45, 2.75) is 63.5 Å². The predicted octanol–water partition coefficient (Wildman–Crippen LogP) is 3.43. The number of rotatable bonds is 16. The molecule has 0 saturated heterocycles. The van der Waals surface area contributed by atoms with Crippen LogP contribution in [0, 0.1) is 0 Å². The minimum Gasteiger partial charge on any atom is -0.377 e. The molecular formula is C17H38O7Si2. The Bertz CT molecular complexity index is 337. The summed E-state index contributed by atoms with van der Waals surface area (Å²) in [6.45, 7) is 4.13. The second kappa shape index (κ2) is 13.1. The normalized spacial score (nSPS) is 15.1. The highest BCUT2D eigenvalue weighted by Crippen LogP contribution is 2.34. The van der Waals surface area contributed by atoms with Crippen LogP contribution in [0.4, 0.5) is 0 Å². The van der Waals surface area contributed by atoms with Gasteiger partial charge in [0.1, 0.15) is 5.78 Å². The molecule has 2 atom stereocenters. The van der Waals surface area contributed by atoms with Crippen molar-refractivity contribution in [3.8, 4) is 0 Å². The lowest BCUT2D eigenvalue weighted by Crippen LogP contribution is -2.48. The Labute approximate surface area is 161 Å². The van der Waals surface area contributed by atoms with Gasteiger partial charge < -0.3 is 26.6 Å². The third-order valence-corrected chi connectivity index (χ3v) is 12.0. The summed E-state index contributed by atoms with van der Waals surface area (Å²) in [4.78, 5) is 12.5. The molecule has 0 aromatic rings. The van der Waals surface area contributed by atoms with Gasteiger partial charge in [-0.15, -0.1) is 0 Å². The summed E-state index contributed by atoms with van der Waals surface area (Å²) in [6.07, 6.45) is 4.08. The van der Waals surface area contributed by atoms with Crippen LogP contribution < -0.4 is 0 Å². The fraction of sp³-hybridized carbons (Fsp3) is 0.941. The smallest absolute Gasteiger partial charge is 0.377 e. The summed E-state index contributed by atoms with van der Waals surface area (Å²) in [5, 5.41) is 0. The third kappa shape index (κ3) is 6.48. The number of ketones is 1. The van der Waals surface area contributed by atoms with Gasteiger partial charge in [-0.3, -0.25) is 4.79 Å². The Kier molecular flexibility index (Phi) is 13.0. The molecule has 0 spiro atoms. The summed E-state index contributed by atoms with van der Waals surface area (Å²) in [5.41, 5.74) is 0.220. The fourth-order valence-electron chi connectivity index (χ4n) is 3.56. The zero-order valence-electron chi connectivity index (χ0n) is 17.8. The fourth-order valence-corrected chi connectivity index (χ4v) is 8.55. The molecule has 0 amide bonds. The number of carbonyl (C=O) groups excluding carboxylic acids is 1.